The summed E-state index contributed by atoms with van der Waals surface area (Å²) < 4.78 is 56.4. The van der Waals surface area contributed by atoms with Crippen LogP contribution in [0.25, 0.3) is 11.1 Å². The number of rotatable bonds is 4. The predicted molar refractivity (Wildman–Crippen MR) is 121 cm³/mol. The molecule has 3 aromatic rings. The van der Waals surface area contributed by atoms with E-state index in [1.54, 1.807) is 25.4 Å². The average Bonchev–Trinajstić information content (AvgIpc) is 2.85. The monoisotopic (exact) mass is 457 g/mol. The molecule has 32 heavy (non-hydrogen) atoms. The van der Waals surface area contributed by atoms with Crippen LogP contribution in [0.3, 0.4) is 0 Å². The van der Waals surface area contributed by atoms with Crippen LogP contribution in [0.2, 0.25) is 0 Å². The first-order valence-electron chi connectivity index (χ1n) is 9.98. The van der Waals surface area contributed by atoms with Gasteiger partial charge in [0.15, 0.2) is 0 Å². The van der Waals surface area contributed by atoms with Crippen molar-refractivity contribution in [1.29, 1.82) is 0 Å². The number of aryl methyl sites for hydroxylation is 1. The number of nitrogens with zero attached hydrogens (tertiary/aromatic N) is 2. The number of pyridine rings is 1. The molecule has 0 fully saturated rings. The molecule has 0 amide bonds. The molecule has 1 unspecified atom stereocenters. The Hall–Kier alpha value is -3.33. The van der Waals surface area contributed by atoms with Gasteiger partial charge in [0.2, 0.25) is 10.0 Å². The smallest absolute Gasteiger partial charge is 0.250 e. The molecule has 1 aliphatic rings. The molecular weight excluding hydrogens is 436 g/mol. The van der Waals surface area contributed by atoms with Crippen LogP contribution in [0.4, 0.5) is 14.5 Å². The van der Waals surface area contributed by atoms with Crippen LogP contribution in [0.15, 0.2) is 58.4 Å². The fraction of sp³-hybridized carbons (Fsp3) is 0.217. The fourth-order valence-electron chi connectivity index (χ4n) is 3.70. The molecule has 1 N–H and O–H groups in total. The third-order valence-electron chi connectivity index (χ3n) is 5.45. The maximum Gasteiger partial charge on any atom is 0.250 e. The minimum absolute atomic E-state index is 0.196. The third kappa shape index (κ3) is 3.95. The first-order chi connectivity index (χ1) is 15.1. The van der Waals surface area contributed by atoms with Gasteiger partial charge in [-0.05, 0) is 61.4 Å². The van der Waals surface area contributed by atoms with E-state index in [2.05, 4.69) is 4.72 Å². The summed E-state index contributed by atoms with van der Waals surface area (Å²) in [7, 11) is -2.12. The van der Waals surface area contributed by atoms with Crippen molar-refractivity contribution >= 4 is 21.4 Å². The Balaban J connectivity index is 2.04. The van der Waals surface area contributed by atoms with E-state index in [1.807, 2.05) is 6.92 Å². The summed E-state index contributed by atoms with van der Waals surface area (Å²) >= 11 is 0. The summed E-state index contributed by atoms with van der Waals surface area (Å²) in [6.07, 6.45) is 1.63. The van der Waals surface area contributed by atoms with Gasteiger partial charge in [-0.25, -0.2) is 17.2 Å². The topological polar surface area (TPSA) is 80.5 Å². The molecule has 9 heteroatoms. The lowest BCUT2D eigenvalue weighted by atomic mass is 9.91. The lowest BCUT2D eigenvalue weighted by molar-refractivity contribution is 0.599. The zero-order chi connectivity index (χ0) is 23.2. The molecule has 2 heterocycles. The number of sulfonamides is 1. The molecule has 2 aromatic carbocycles. The summed E-state index contributed by atoms with van der Waals surface area (Å²) in [5.41, 5.74) is 2.75. The zero-order valence-electron chi connectivity index (χ0n) is 17.7. The van der Waals surface area contributed by atoms with Crippen LogP contribution in [0.1, 0.15) is 36.6 Å². The largest absolute Gasteiger partial charge is 0.318 e. The lowest BCUT2D eigenvalue weighted by Crippen LogP contribution is -2.18. The molecule has 0 saturated carbocycles. The molecule has 1 aromatic heterocycles. The number of anilines is 1. The van der Waals surface area contributed by atoms with Crippen molar-refractivity contribution in [2.45, 2.75) is 19.9 Å². The van der Waals surface area contributed by atoms with Crippen molar-refractivity contribution in [3.8, 4) is 11.1 Å². The SMILES string of the molecule is CCS(=O)(=O)Nc1cc2c(cc1F)C(c1ccc(F)cc1)=NC(C)c1cc(=O)n(C)cc1-2. The summed E-state index contributed by atoms with van der Waals surface area (Å²) in [5.74, 6) is -1.40. The highest BCUT2D eigenvalue weighted by molar-refractivity contribution is 7.92. The molecule has 0 radical (unpaired) electrons. The second kappa shape index (κ2) is 7.98. The molecule has 0 aliphatic carbocycles. The van der Waals surface area contributed by atoms with Gasteiger partial charge in [-0.1, -0.05) is 0 Å². The van der Waals surface area contributed by atoms with Crippen LogP contribution < -0.4 is 10.3 Å². The maximum absolute atomic E-state index is 15.0. The second-order valence-electron chi connectivity index (χ2n) is 7.64. The van der Waals surface area contributed by atoms with Crippen LogP contribution in [-0.2, 0) is 17.1 Å². The number of fused-ring (bicyclic) bond motifs is 3. The molecule has 6 nitrogen and oxygen atoms in total. The maximum atomic E-state index is 15.0. The Morgan fingerprint density at radius 1 is 1.06 bits per heavy atom. The van der Waals surface area contributed by atoms with Gasteiger partial charge < -0.3 is 4.57 Å². The van der Waals surface area contributed by atoms with Crippen LogP contribution in [-0.4, -0.2) is 24.4 Å². The number of halogens is 2. The molecule has 166 valence electrons. The van der Waals surface area contributed by atoms with E-state index in [4.69, 9.17) is 4.99 Å². The van der Waals surface area contributed by atoms with E-state index < -0.39 is 27.7 Å². The van der Waals surface area contributed by atoms with Crippen molar-refractivity contribution in [2.24, 2.45) is 12.0 Å². The summed E-state index contributed by atoms with van der Waals surface area (Å²) in [4.78, 5) is 17.1. The summed E-state index contributed by atoms with van der Waals surface area (Å²) in [5, 5.41) is 0. The van der Waals surface area contributed by atoms with Crippen molar-refractivity contribution in [1.82, 2.24) is 4.57 Å². The number of hydrogen-bond acceptors (Lipinski definition) is 4. The highest BCUT2D eigenvalue weighted by atomic mass is 32.2. The standard InChI is InChI=1S/C23H21F2N3O3S/c1-4-32(30,31)27-21-10-17-18(9-20(21)25)23(14-5-7-15(24)8-6-14)26-13(2)16-11-22(29)28(3)12-19(16)17/h5-13,27H,4H2,1-3H3. The average molecular weight is 458 g/mol. The van der Waals surface area contributed by atoms with Crippen LogP contribution in [0, 0.1) is 11.6 Å². The van der Waals surface area contributed by atoms with Gasteiger partial charge in [-0.3, -0.25) is 14.5 Å². The van der Waals surface area contributed by atoms with E-state index in [-0.39, 0.29) is 17.0 Å². The van der Waals surface area contributed by atoms with E-state index in [0.29, 0.717) is 33.5 Å². The minimum Gasteiger partial charge on any atom is -0.318 e. The predicted octanol–water partition coefficient (Wildman–Crippen LogP) is 4.00. The summed E-state index contributed by atoms with van der Waals surface area (Å²) in [6, 6.07) is 9.32. The van der Waals surface area contributed by atoms with Crippen molar-refractivity contribution in [2.75, 3.05) is 10.5 Å². The normalized spacial score (nSPS) is 15.4. The number of aromatic nitrogens is 1. The van der Waals surface area contributed by atoms with E-state index in [0.717, 1.165) is 0 Å². The fourth-order valence-corrected chi connectivity index (χ4v) is 4.33. The number of benzene rings is 2. The highest BCUT2D eigenvalue weighted by Gasteiger charge is 2.26. The molecule has 0 saturated heterocycles. The van der Waals surface area contributed by atoms with Gasteiger partial charge in [0.25, 0.3) is 5.56 Å². The van der Waals surface area contributed by atoms with Crippen molar-refractivity contribution in [3.05, 3.63) is 87.3 Å². The first-order valence-corrected chi connectivity index (χ1v) is 11.6. The van der Waals surface area contributed by atoms with E-state index in [9.17, 15) is 17.6 Å². The van der Waals surface area contributed by atoms with Crippen LogP contribution in [0.5, 0.6) is 0 Å². The number of hydrogen-bond donors (Lipinski definition) is 1. The molecular formula is C23H21F2N3O3S. The summed E-state index contributed by atoms with van der Waals surface area (Å²) in [6.45, 7) is 3.26. The quantitative estimate of drug-likeness (QED) is 0.643. The molecule has 1 atom stereocenters. The Bertz CT molecular complexity index is 1410. The van der Waals surface area contributed by atoms with Crippen molar-refractivity contribution < 1.29 is 17.2 Å². The molecule has 1 aliphatic heterocycles. The molecule has 4 rings (SSSR count). The molecule has 0 spiro atoms. The highest BCUT2D eigenvalue weighted by Crippen LogP contribution is 2.39. The van der Waals surface area contributed by atoms with Gasteiger partial charge in [0.05, 0.1) is 23.2 Å². The van der Waals surface area contributed by atoms with Gasteiger partial charge >= 0.3 is 0 Å². The van der Waals surface area contributed by atoms with Crippen molar-refractivity contribution in [3.63, 3.8) is 0 Å². The van der Waals surface area contributed by atoms with Gasteiger partial charge in [0.1, 0.15) is 11.6 Å². The van der Waals surface area contributed by atoms with E-state index in [1.165, 1.54) is 41.8 Å². The molecule has 0 bridgehead atoms. The van der Waals surface area contributed by atoms with Gasteiger partial charge in [0, 0.05) is 36.0 Å². The Morgan fingerprint density at radius 3 is 2.41 bits per heavy atom. The zero-order valence-corrected chi connectivity index (χ0v) is 18.5. The third-order valence-corrected chi connectivity index (χ3v) is 6.74. The minimum atomic E-state index is -3.72. The Labute approximate surface area is 184 Å². The second-order valence-corrected chi connectivity index (χ2v) is 9.65. The van der Waals surface area contributed by atoms with E-state index >= 15 is 4.39 Å². The first kappa shape index (κ1) is 21.9. The Morgan fingerprint density at radius 2 is 1.75 bits per heavy atom. The van der Waals surface area contributed by atoms with Crippen LogP contribution >= 0.6 is 0 Å². The number of aliphatic imine (C=N–C) groups is 1. The number of nitrogens with one attached hydrogen (secondary N) is 1. The van der Waals surface area contributed by atoms with Gasteiger partial charge in [-0.15, -0.1) is 0 Å². The lowest BCUT2D eigenvalue weighted by Gasteiger charge is -2.16. The Kier molecular flexibility index (Phi) is 5.46. The van der Waals surface area contributed by atoms with Gasteiger partial charge in [-0.2, -0.15) is 0 Å².